The lowest BCUT2D eigenvalue weighted by atomic mass is 10.1. The SMILES string of the molecule is c1nc(NCC2CC2)nc2c1CNCC2. The molecule has 0 unspecified atom stereocenters. The van der Waals surface area contributed by atoms with Crippen molar-refractivity contribution in [2.45, 2.75) is 25.8 Å². The van der Waals surface area contributed by atoms with Gasteiger partial charge < -0.3 is 10.6 Å². The minimum atomic E-state index is 0.808. The molecule has 0 bridgehead atoms. The highest BCUT2D eigenvalue weighted by Crippen LogP contribution is 2.28. The summed E-state index contributed by atoms with van der Waals surface area (Å²) in [7, 11) is 0. The molecule has 2 heterocycles. The second-order valence-electron chi connectivity index (χ2n) is 4.42. The van der Waals surface area contributed by atoms with Crippen LogP contribution in [0.1, 0.15) is 24.1 Å². The molecule has 0 spiro atoms. The van der Waals surface area contributed by atoms with Gasteiger partial charge in [-0.1, -0.05) is 0 Å². The molecule has 4 heteroatoms. The van der Waals surface area contributed by atoms with Gasteiger partial charge in [-0.25, -0.2) is 9.97 Å². The fraction of sp³-hybridized carbons (Fsp3) is 0.636. The molecule has 0 atom stereocenters. The second kappa shape index (κ2) is 3.77. The molecule has 0 aromatic carbocycles. The molecule has 1 aromatic heterocycles. The lowest BCUT2D eigenvalue weighted by Crippen LogP contribution is -2.25. The minimum absolute atomic E-state index is 0.808. The highest BCUT2D eigenvalue weighted by atomic mass is 15.1. The van der Waals surface area contributed by atoms with E-state index in [4.69, 9.17) is 0 Å². The van der Waals surface area contributed by atoms with Crippen LogP contribution in [0.5, 0.6) is 0 Å². The number of anilines is 1. The number of hydrogen-bond acceptors (Lipinski definition) is 4. The first kappa shape index (κ1) is 9.09. The topological polar surface area (TPSA) is 49.8 Å². The molecule has 2 aliphatic rings. The Labute approximate surface area is 89.5 Å². The van der Waals surface area contributed by atoms with Gasteiger partial charge in [0, 0.05) is 37.8 Å². The van der Waals surface area contributed by atoms with Crippen molar-refractivity contribution >= 4 is 5.95 Å². The van der Waals surface area contributed by atoms with Crippen molar-refractivity contribution in [3.8, 4) is 0 Å². The average molecular weight is 204 g/mol. The molecule has 0 saturated heterocycles. The summed E-state index contributed by atoms with van der Waals surface area (Å²) < 4.78 is 0. The van der Waals surface area contributed by atoms with Crippen molar-refractivity contribution in [3.63, 3.8) is 0 Å². The Hall–Kier alpha value is -1.16. The van der Waals surface area contributed by atoms with Crippen LogP contribution in [0, 0.1) is 5.92 Å². The molecular weight excluding hydrogens is 188 g/mol. The van der Waals surface area contributed by atoms with E-state index in [2.05, 4.69) is 20.6 Å². The van der Waals surface area contributed by atoms with Crippen molar-refractivity contribution in [1.82, 2.24) is 15.3 Å². The molecule has 1 aliphatic heterocycles. The molecule has 4 nitrogen and oxygen atoms in total. The van der Waals surface area contributed by atoms with Crippen LogP contribution >= 0.6 is 0 Å². The fourth-order valence-electron chi connectivity index (χ4n) is 1.88. The van der Waals surface area contributed by atoms with Gasteiger partial charge in [0.15, 0.2) is 0 Å². The van der Waals surface area contributed by atoms with E-state index in [-0.39, 0.29) is 0 Å². The molecule has 15 heavy (non-hydrogen) atoms. The summed E-state index contributed by atoms with van der Waals surface area (Å²) in [5.41, 5.74) is 2.46. The summed E-state index contributed by atoms with van der Waals surface area (Å²) in [5.74, 6) is 1.67. The highest BCUT2D eigenvalue weighted by molar-refractivity contribution is 5.31. The second-order valence-corrected chi connectivity index (χ2v) is 4.42. The number of nitrogens with zero attached hydrogens (tertiary/aromatic N) is 2. The summed E-state index contributed by atoms with van der Waals surface area (Å²) in [6.45, 7) is 2.99. The standard InChI is InChI=1S/C11H16N4/c1-2-8(1)5-13-11-14-7-9-6-12-4-3-10(9)15-11/h7-8,12H,1-6H2,(H,13,14,15). The van der Waals surface area contributed by atoms with Gasteiger partial charge >= 0.3 is 0 Å². The number of fused-ring (bicyclic) bond motifs is 1. The Morgan fingerprint density at radius 1 is 1.47 bits per heavy atom. The lowest BCUT2D eigenvalue weighted by molar-refractivity contribution is 0.626. The van der Waals surface area contributed by atoms with Gasteiger partial charge in [-0.2, -0.15) is 0 Å². The van der Waals surface area contributed by atoms with Crippen molar-refractivity contribution in [2.75, 3.05) is 18.4 Å². The number of hydrogen-bond donors (Lipinski definition) is 2. The van der Waals surface area contributed by atoms with Crippen molar-refractivity contribution < 1.29 is 0 Å². The van der Waals surface area contributed by atoms with Crippen LogP contribution in [0.3, 0.4) is 0 Å². The van der Waals surface area contributed by atoms with Crippen LogP contribution in [-0.2, 0) is 13.0 Å². The van der Waals surface area contributed by atoms with Crippen molar-refractivity contribution in [1.29, 1.82) is 0 Å². The Morgan fingerprint density at radius 2 is 2.40 bits per heavy atom. The van der Waals surface area contributed by atoms with E-state index in [0.717, 1.165) is 37.9 Å². The van der Waals surface area contributed by atoms with Crippen LogP contribution in [0.4, 0.5) is 5.95 Å². The first-order valence-electron chi connectivity index (χ1n) is 5.71. The third kappa shape index (κ3) is 2.09. The molecular formula is C11H16N4. The number of rotatable bonds is 3. The third-order valence-corrected chi connectivity index (χ3v) is 3.05. The first-order valence-corrected chi connectivity index (χ1v) is 5.71. The van der Waals surface area contributed by atoms with Gasteiger partial charge in [-0.05, 0) is 18.8 Å². The Bertz CT molecular complexity index is 360. The van der Waals surface area contributed by atoms with E-state index in [1.54, 1.807) is 0 Å². The normalized spacial score (nSPS) is 19.7. The van der Waals surface area contributed by atoms with Gasteiger partial charge in [0.05, 0.1) is 5.69 Å². The molecule has 2 N–H and O–H groups in total. The smallest absolute Gasteiger partial charge is 0.222 e. The minimum Gasteiger partial charge on any atom is -0.354 e. The average Bonchev–Trinajstić information content (AvgIpc) is 3.10. The van der Waals surface area contributed by atoms with Crippen LogP contribution in [0.25, 0.3) is 0 Å². The Morgan fingerprint density at radius 3 is 3.27 bits per heavy atom. The van der Waals surface area contributed by atoms with Crippen LogP contribution in [0.2, 0.25) is 0 Å². The summed E-state index contributed by atoms with van der Waals surface area (Å²) in [5, 5.41) is 6.63. The number of nitrogens with one attached hydrogen (secondary N) is 2. The van der Waals surface area contributed by atoms with Crippen LogP contribution in [-0.4, -0.2) is 23.1 Å². The zero-order chi connectivity index (χ0) is 10.1. The quantitative estimate of drug-likeness (QED) is 0.769. The Kier molecular flexibility index (Phi) is 2.29. The maximum Gasteiger partial charge on any atom is 0.222 e. The van der Waals surface area contributed by atoms with Gasteiger partial charge in [-0.15, -0.1) is 0 Å². The summed E-state index contributed by atoms with van der Waals surface area (Å²) in [4.78, 5) is 8.88. The molecule has 1 aliphatic carbocycles. The predicted molar refractivity (Wildman–Crippen MR) is 58.7 cm³/mol. The van der Waals surface area contributed by atoms with Crippen molar-refractivity contribution in [2.24, 2.45) is 5.92 Å². The highest BCUT2D eigenvalue weighted by Gasteiger charge is 2.21. The molecule has 1 saturated carbocycles. The zero-order valence-electron chi connectivity index (χ0n) is 8.79. The van der Waals surface area contributed by atoms with E-state index in [1.807, 2.05) is 6.20 Å². The van der Waals surface area contributed by atoms with Gasteiger partial charge in [-0.3, -0.25) is 0 Å². The molecule has 1 fully saturated rings. The van der Waals surface area contributed by atoms with Crippen LogP contribution in [0.15, 0.2) is 6.20 Å². The van der Waals surface area contributed by atoms with Crippen molar-refractivity contribution in [3.05, 3.63) is 17.5 Å². The molecule has 0 amide bonds. The zero-order valence-corrected chi connectivity index (χ0v) is 8.79. The molecule has 1 aromatic rings. The summed E-state index contributed by atoms with van der Waals surface area (Å²) in [6.07, 6.45) is 5.70. The third-order valence-electron chi connectivity index (χ3n) is 3.05. The molecule has 80 valence electrons. The monoisotopic (exact) mass is 204 g/mol. The summed E-state index contributed by atoms with van der Waals surface area (Å²) >= 11 is 0. The largest absolute Gasteiger partial charge is 0.354 e. The van der Waals surface area contributed by atoms with E-state index < -0.39 is 0 Å². The lowest BCUT2D eigenvalue weighted by Gasteiger charge is -2.16. The van der Waals surface area contributed by atoms with Crippen LogP contribution < -0.4 is 10.6 Å². The maximum absolute atomic E-state index is 4.55. The number of aromatic nitrogens is 2. The predicted octanol–water partition coefficient (Wildman–Crippen LogP) is 0.944. The molecule has 3 rings (SSSR count). The fourth-order valence-corrected chi connectivity index (χ4v) is 1.88. The maximum atomic E-state index is 4.55. The van der Waals surface area contributed by atoms with E-state index >= 15 is 0 Å². The van der Waals surface area contributed by atoms with E-state index in [1.165, 1.54) is 24.1 Å². The Balaban J connectivity index is 1.71. The van der Waals surface area contributed by atoms with Gasteiger partial charge in [0.1, 0.15) is 0 Å². The van der Waals surface area contributed by atoms with E-state index in [0.29, 0.717) is 0 Å². The first-order chi connectivity index (χ1) is 7.42. The van der Waals surface area contributed by atoms with Gasteiger partial charge in [0.25, 0.3) is 0 Å². The molecule has 0 radical (unpaired) electrons. The van der Waals surface area contributed by atoms with E-state index in [9.17, 15) is 0 Å². The summed E-state index contributed by atoms with van der Waals surface area (Å²) in [6, 6.07) is 0. The van der Waals surface area contributed by atoms with Gasteiger partial charge in [0.2, 0.25) is 5.95 Å².